The summed E-state index contributed by atoms with van der Waals surface area (Å²) in [7, 11) is 0. The van der Waals surface area contributed by atoms with Gasteiger partial charge in [-0.15, -0.1) is 0 Å². The highest BCUT2D eigenvalue weighted by Gasteiger charge is 2.03. The third kappa shape index (κ3) is 2.01. The molecule has 0 spiro atoms. The molecule has 0 aliphatic heterocycles. The number of nitrogens with one attached hydrogen (secondary N) is 1. The largest absolute Gasteiger partial charge is 0.480 e. The van der Waals surface area contributed by atoms with Crippen LogP contribution in [0.15, 0.2) is 30.6 Å². The van der Waals surface area contributed by atoms with Crippen LogP contribution in [-0.4, -0.2) is 27.6 Å². The van der Waals surface area contributed by atoms with Gasteiger partial charge in [-0.05, 0) is 18.2 Å². The minimum atomic E-state index is -0.907. The first-order chi connectivity index (χ1) is 7.27. The number of anilines is 1. The standard InChI is InChI=1S/C10H9N3O2/c14-9(15)6-13-8-3-5-11-7-2-1-4-12-10(7)8/h1-5H,6H2,(H,11,13)(H,14,15). The quantitative estimate of drug-likeness (QED) is 0.782. The fourth-order valence-electron chi connectivity index (χ4n) is 1.29. The number of aromatic nitrogens is 2. The summed E-state index contributed by atoms with van der Waals surface area (Å²) in [6.45, 7) is -0.129. The van der Waals surface area contributed by atoms with Gasteiger partial charge in [-0.2, -0.15) is 0 Å². The molecule has 0 aromatic carbocycles. The van der Waals surface area contributed by atoms with Gasteiger partial charge in [-0.25, -0.2) is 0 Å². The molecule has 0 amide bonds. The Balaban J connectivity index is 2.38. The Morgan fingerprint density at radius 2 is 2.20 bits per heavy atom. The third-order valence-corrected chi connectivity index (χ3v) is 1.93. The van der Waals surface area contributed by atoms with Gasteiger partial charge in [0.05, 0.1) is 11.2 Å². The summed E-state index contributed by atoms with van der Waals surface area (Å²) in [5.74, 6) is -0.907. The molecule has 2 N–H and O–H groups in total. The fraction of sp³-hybridized carbons (Fsp3) is 0.100. The summed E-state index contributed by atoms with van der Waals surface area (Å²) in [6.07, 6.45) is 3.27. The van der Waals surface area contributed by atoms with E-state index >= 15 is 0 Å². The number of carboxylic acid groups (broad SMARTS) is 1. The molecule has 0 unspecified atom stereocenters. The normalized spacial score (nSPS) is 10.1. The van der Waals surface area contributed by atoms with E-state index in [4.69, 9.17) is 5.11 Å². The van der Waals surface area contributed by atoms with Gasteiger partial charge >= 0.3 is 5.97 Å². The molecule has 5 nitrogen and oxygen atoms in total. The highest BCUT2D eigenvalue weighted by atomic mass is 16.4. The van der Waals surface area contributed by atoms with Crippen molar-refractivity contribution in [1.29, 1.82) is 0 Å². The molecule has 0 aliphatic carbocycles. The molecule has 2 aromatic rings. The Morgan fingerprint density at radius 1 is 1.33 bits per heavy atom. The van der Waals surface area contributed by atoms with Gasteiger partial charge in [0.2, 0.25) is 0 Å². The van der Waals surface area contributed by atoms with Crippen LogP contribution < -0.4 is 5.32 Å². The predicted octanol–water partition coefficient (Wildman–Crippen LogP) is 1.13. The number of hydrogen-bond acceptors (Lipinski definition) is 4. The lowest BCUT2D eigenvalue weighted by molar-refractivity contribution is -0.134. The molecule has 0 saturated heterocycles. The second-order valence-corrected chi connectivity index (χ2v) is 2.98. The smallest absolute Gasteiger partial charge is 0.322 e. The summed E-state index contributed by atoms with van der Waals surface area (Å²) in [5.41, 5.74) is 2.11. The third-order valence-electron chi connectivity index (χ3n) is 1.93. The zero-order valence-corrected chi connectivity index (χ0v) is 7.84. The number of carboxylic acids is 1. The van der Waals surface area contributed by atoms with Crippen molar-refractivity contribution in [2.75, 3.05) is 11.9 Å². The predicted molar refractivity (Wildman–Crippen MR) is 55.7 cm³/mol. The van der Waals surface area contributed by atoms with Crippen LogP contribution in [-0.2, 0) is 4.79 Å². The van der Waals surface area contributed by atoms with Gasteiger partial charge in [0.25, 0.3) is 0 Å². The van der Waals surface area contributed by atoms with Crippen LogP contribution in [0, 0.1) is 0 Å². The Labute approximate surface area is 85.8 Å². The summed E-state index contributed by atoms with van der Waals surface area (Å²) >= 11 is 0. The lowest BCUT2D eigenvalue weighted by Gasteiger charge is -2.05. The van der Waals surface area contributed by atoms with E-state index in [1.165, 1.54) is 0 Å². The first-order valence-corrected chi connectivity index (χ1v) is 4.43. The summed E-state index contributed by atoms with van der Waals surface area (Å²) < 4.78 is 0. The number of carbonyl (C=O) groups is 1. The summed E-state index contributed by atoms with van der Waals surface area (Å²) in [4.78, 5) is 18.7. The Bertz CT molecular complexity index is 493. The van der Waals surface area contributed by atoms with E-state index < -0.39 is 5.97 Å². The van der Waals surface area contributed by atoms with Gasteiger partial charge in [-0.3, -0.25) is 14.8 Å². The van der Waals surface area contributed by atoms with Crippen LogP contribution in [0.2, 0.25) is 0 Å². The zero-order valence-electron chi connectivity index (χ0n) is 7.84. The number of nitrogens with zero attached hydrogens (tertiary/aromatic N) is 2. The van der Waals surface area contributed by atoms with Gasteiger partial charge in [0.1, 0.15) is 12.1 Å². The van der Waals surface area contributed by atoms with E-state index in [1.54, 1.807) is 24.5 Å². The topological polar surface area (TPSA) is 75.1 Å². The molecule has 0 radical (unpaired) electrons. The van der Waals surface area contributed by atoms with E-state index in [2.05, 4.69) is 15.3 Å². The van der Waals surface area contributed by atoms with Crippen LogP contribution in [0.1, 0.15) is 0 Å². The second kappa shape index (κ2) is 3.91. The summed E-state index contributed by atoms with van der Waals surface area (Å²) in [6, 6.07) is 5.32. The molecule has 76 valence electrons. The maximum atomic E-state index is 10.4. The lowest BCUT2D eigenvalue weighted by atomic mass is 10.3. The van der Waals surface area contributed by atoms with Crippen LogP contribution in [0.4, 0.5) is 5.69 Å². The highest BCUT2D eigenvalue weighted by Crippen LogP contribution is 2.17. The minimum absolute atomic E-state index is 0.129. The maximum Gasteiger partial charge on any atom is 0.322 e. The zero-order chi connectivity index (χ0) is 10.7. The van der Waals surface area contributed by atoms with E-state index in [-0.39, 0.29) is 6.54 Å². The van der Waals surface area contributed by atoms with E-state index in [1.807, 2.05) is 6.07 Å². The Hall–Kier alpha value is -2.17. The monoisotopic (exact) mass is 203 g/mol. The van der Waals surface area contributed by atoms with Crippen molar-refractivity contribution in [1.82, 2.24) is 9.97 Å². The number of hydrogen-bond donors (Lipinski definition) is 2. The molecule has 0 bridgehead atoms. The van der Waals surface area contributed by atoms with Crippen molar-refractivity contribution in [3.8, 4) is 0 Å². The van der Waals surface area contributed by atoms with Crippen LogP contribution >= 0.6 is 0 Å². The Kier molecular flexibility index (Phi) is 2.45. The molecule has 5 heteroatoms. The Morgan fingerprint density at radius 3 is 3.00 bits per heavy atom. The van der Waals surface area contributed by atoms with Crippen LogP contribution in [0.5, 0.6) is 0 Å². The van der Waals surface area contributed by atoms with E-state index in [0.29, 0.717) is 11.2 Å². The molecule has 0 aliphatic rings. The average Bonchev–Trinajstić information content (AvgIpc) is 2.26. The van der Waals surface area contributed by atoms with Gasteiger partial charge in [-0.1, -0.05) is 0 Å². The van der Waals surface area contributed by atoms with Crippen molar-refractivity contribution in [3.63, 3.8) is 0 Å². The van der Waals surface area contributed by atoms with Gasteiger partial charge < -0.3 is 10.4 Å². The molecule has 2 aromatic heterocycles. The molecule has 0 atom stereocenters. The van der Waals surface area contributed by atoms with Gasteiger partial charge in [0.15, 0.2) is 0 Å². The van der Waals surface area contributed by atoms with E-state index in [0.717, 1.165) is 5.52 Å². The molecule has 0 fully saturated rings. The van der Waals surface area contributed by atoms with Gasteiger partial charge in [0, 0.05) is 12.4 Å². The molecule has 0 saturated carbocycles. The van der Waals surface area contributed by atoms with Crippen LogP contribution in [0.3, 0.4) is 0 Å². The molecular weight excluding hydrogens is 194 g/mol. The molecule has 2 rings (SSSR count). The first-order valence-electron chi connectivity index (χ1n) is 4.43. The number of aliphatic carboxylic acids is 1. The van der Waals surface area contributed by atoms with Crippen molar-refractivity contribution in [3.05, 3.63) is 30.6 Å². The minimum Gasteiger partial charge on any atom is -0.480 e. The number of pyridine rings is 2. The fourth-order valence-corrected chi connectivity index (χ4v) is 1.29. The second-order valence-electron chi connectivity index (χ2n) is 2.98. The average molecular weight is 203 g/mol. The van der Waals surface area contributed by atoms with Crippen molar-refractivity contribution in [2.24, 2.45) is 0 Å². The summed E-state index contributed by atoms with van der Waals surface area (Å²) in [5, 5.41) is 11.3. The molecular formula is C10H9N3O2. The lowest BCUT2D eigenvalue weighted by Crippen LogP contribution is -2.12. The first kappa shape index (κ1) is 9.39. The SMILES string of the molecule is O=C(O)CNc1ccnc2cccnc12. The number of rotatable bonds is 3. The van der Waals surface area contributed by atoms with E-state index in [9.17, 15) is 4.79 Å². The highest BCUT2D eigenvalue weighted by molar-refractivity contribution is 5.88. The maximum absolute atomic E-state index is 10.4. The number of fused-ring (bicyclic) bond motifs is 1. The molecule has 2 heterocycles. The van der Waals surface area contributed by atoms with Crippen molar-refractivity contribution < 1.29 is 9.90 Å². The van der Waals surface area contributed by atoms with Crippen molar-refractivity contribution in [2.45, 2.75) is 0 Å². The molecule has 15 heavy (non-hydrogen) atoms. The van der Waals surface area contributed by atoms with Crippen LogP contribution in [0.25, 0.3) is 11.0 Å². The van der Waals surface area contributed by atoms with Crippen molar-refractivity contribution >= 4 is 22.7 Å².